The molecule has 6 heteroatoms. The van der Waals surface area contributed by atoms with E-state index in [1.165, 1.54) is 12.1 Å². The maximum absolute atomic E-state index is 12.9. The van der Waals surface area contributed by atoms with Gasteiger partial charge in [0, 0.05) is 6.42 Å². The summed E-state index contributed by atoms with van der Waals surface area (Å²) in [6.45, 7) is 2.09. The van der Waals surface area contributed by atoms with Crippen LogP contribution in [0.3, 0.4) is 0 Å². The quantitative estimate of drug-likeness (QED) is 0.431. The highest BCUT2D eigenvalue weighted by Gasteiger charge is 2.25. The Morgan fingerprint density at radius 3 is 2.43 bits per heavy atom. The summed E-state index contributed by atoms with van der Waals surface area (Å²) in [6, 6.07) is 5.44. The Morgan fingerprint density at radius 1 is 1.22 bits per heavy atom. The van der Waals surface area contributed by atoms with Crippen molar-refractivity contribution in [2.45, 2.75) is 63.7 Å². The van der Waals surface area contributed by atoms with Gasteiger partial charge in [-0.2, -0.15) is 0 Å². The molecule has 4 N–H and O–H groups in total. The van der Waals surface area contributed by atoms with E-state index in [-0.39, 0.29) is 18.0 Å². The summed E-state index contributed by atoms with van der Waals surface area (Å²) in [5, 5.41) is 19.0. The van der Waals surface area contributed by atoms with Crippen molar-refractivity contribution >= 4 is 12.9 Å². The number of unbranched alkanes of at least 4 members (excludes halogenated alkanes) is 2. The summed E-state index contributed by atoms with van der Waals surface area (Å²) in [5.41, 5.74) is 6.68. The normalized spacial score (nSPS) is 13.6. The lowest BCUT2D eigenvalue weighted by molar-refractivity contribution is -0.120. The number of hydrogen-bond acceptors (Lipinski definition) is 4. The van der Waals surface area contributed by atoms with Gasteiger partial charge in [-0.15, -0.1) is 0 Å². The van der Waals surface area contributed by atoms with E-state index in [1.807, 2.05) is 0 Å². The van der Waals surface area contributed by atoms with Gasteiger partial charge in [-0.25, -0.2) is 4.39 Å². The second kappa shape index (κ2) is 10.5. The van der Waals surface area contributed by atoms with Gasteiger partial charge < -0.3 is 15.8 Å². The molecule has 0 heterocycles. The van der Waals surface area contributed by atoms with Gasteiger partial charge in [0.15, 0.2) is 0 Å². The van der Waals surface area contributed by atoms with Gasteiger partial charge in [0.05, 0.1) is 6.04 Å². The Bertz CT molecular complexity index is 467. The minimum Gasteiger partial charge on any atom is -0.427 e. The van der Waals surface area contributed by atoms with Crippen molar-refractivity contribution in [1.82, 2.24) is 0 Å². The molecule has 0 bridgehead atoms. The molecule has 0 aliphatic rings. The lowest BCUT2D eigenvalue weighted by Gasteiger charge is -2.17. The Morgan fingerprint density at radius 2 is 1.87 bits per heavy atom. The van der Waals surface area contributed by atoms with E-state index in [1.54, 1.807) is 12.1 Å². The van der Waals surface area contributed by atoms with Gasteiger partial charge >= 0.3 is 7.12 Å². The third kappa shape index (κ3) is 7.73. The van der Waals surface area contributed by atoms with Crippen LogP contribution < -0.4 is 5.73 Å². The molecule has 0 saturated heterocycles. The minimum atomic E-state index is -1.51. The number of benzene rings is 1. The molecule has 128 valence electrons. The molecule has 0 saturated carbocycles. The minimum absolute atomic E-state index is 0.0362. The van der Waals surface area contributed by atoms with E-state index >= 15 is 0 Å². The van der Waals surface area contributed by atoms with Crippen LogP contribution in [0.2, 0.25) is 5.82 Å². The Hall–Kier alpha value is -1.24. The predicted molar refractivity (Wildman–Crippen MR) is 90.4 cm³/mol. The molecule has 0 spiro atoms. The van der Waals surface area contributed by atoms with E-state index in [9.17, 15) is 19.2 Å². The second-order valence-corrected chi connectivity index (χ2v) is 6.11. The number of carbonyl (C=O) groups excluding carboxylic acids is 1. The maximum Gasteiger partial charge on any atom is 0.455 e. The summed E-state index contributed by atoms with van der Waals surface area (Å²) in [7, 11) is -1.51. The number of Topliss-reactive ketones (excluding diaryl/α,β-unsaturated/α-hetero) is 1. The Kier molecular flexibility index (Phi) is 9.06. The number of hydrogen-bond donors (Lipinski definition) is 3. The standard InChI is InChI=1S/C17H27BFNO3/c1-2-3-4-5-16(20)17(21)11-8-14(18(22)23)12-13-6-9-15(19)10-7-13/h6-7,9-10,14,16,22-23H,2-5,8,11-12,20H2,1H3/t14-,16-/m0/s1. The lowest BCUT2D eigenvalue weighted by Crippen LogP contribution is -2.31. The average Bonchev–Trinajstić information content (AvgIpc) is 2.52. The van der Waals surface area contributed by atoms with Crippen molar-refractivity contribution in [3.8, 4) is 0 Å². The van der Waals surface area contributed by atoms with Crippen LogP contribution >= 0.6 is 0 Å². The second-order valence-electron chi connectivity index (χ2n) is 6.11. The van der Waals surface area contributed by atoms with Gasteiger partial charge in [0.1, 0.15) is 11.6 Å². The molecule has 0 amide bonds. The van der Waals surface area contributed by atoms with Crippen LogP contribution in [0.15, 0.2) is 24.3 Å². The van der Waals surface area contributed by atoms with E-state index in [2.05, 4.69) is 6.92 Å². The number of ketones is 1. The van der Waals surface area contributed by atoms with Crippen LogP contribution in [-0.4, -0.2) is 29.0 Å². The smallest absolute Gasteiger partial charge is 0.427 e. The molecular weight excluding hydrogens is 296 g/mol. The van der Waals surface area contributed by atoms with E-state index in [4.69, 9.17) is 5.73 Å². The first-order chi connectivity index (χ1) is 10.9. The van der Waals surface area contributed by atoms with Crippen LogP contribution in [0.1, 0.15) is 51.0 Å². The molecule has 0 aromatic heterocycles. The molecule has 23 heavy (non-hydrogen) atoms. The zero-order valence-electron chi connectivity index (χ0n) is 13.7. The van der Waals surface area contributed by atoms with E-state index in [0.717, 1.165) is 24.8 Å². The van der Waals surface area contributed by atoms with Gasteiger partial charge in [0.25, 0.3) is 0 Å². The third-order valence-electron chi connectivity index (χ3n) is 4.13. The number of halogens is 1. The lowest BCUT2D eigenvalue weighted by atomic mass is 9.67. The molecule has 1 aromatic rings. The molecular formula is C17H27BFNO3. The Labute approximate surface area is 138 Å². The molecule has 0 aliphatic carbocycles. The zero-order chi connectivity index (χ0) is 17.2. The highest BCUT2D eigenvalue weighted by atomic mass is 19.1. The predicted octanol–water partition coefficient (Wildman–Crippen LogP) is 2.47. The summed E-state index contributed by atoms with van der Waals surface area (Å²) < 4.78 is 12.9. The SMILES string of the molecule is CCCCC[C@H](N)C(=O)CC[C@@H](Cc1ccc(F)cc1)B(O)O. The summed E-state index contributed by atoms with van der Waals surface area (Å²) in [6.07, 6.45) is 4.73. The van der Waals surface area contributed by atoms with Crippen molar-refractivity contribution in [2.24, 2.45) is 5.73 Å². The van der Waals surface area contributed by atoms with Gasteiger partial charge in [-0.05, 0) is 42.8 Å². The fraction of sp³-hybridized carbons (Fsp3) is 0.588. The summed E-state index contributed by atoms with van der Waals surface area (Å²) in [5.74, 6) is -0.832. The summed E-state index contributed by atoms with van der Waals surface area (Å²) >= 11 is 0. The van der Waals surface area contributed by atoms with Crippen molar-refractivity contribution < 1.29 is 19.2 Å². The van der Waals surface area contributed by atoms with Gasteiger partial charge in [-0.3, -0.25) is 4.79 Å². The molecule has 4 nitrogen and oxygen atoms in total. The molecule has 1 rings (SSSR count). The zero-order valence-corrected chi connectivity index (χ0v) is 13.7. The average molecular weight is 323 g/mol. The summed E-state index contributed by atoms with van der Waals surface area (Å²) in [4.78, 5) is 12.0. The molecule has 0 unspecified atom stereocenters. The van der Waals surface area contributed by atoms with Crippen molar-refractivity contribution in [1.29, 1.82) is 0 Å². The Balaban J connectivity index is 2.46. The third-order valence-corrected chi connectivity index (χ3v) is 4.13. The fourth-order valence-corrected chi connectivity index (χ4v) is 2.57. The first kappa shape index (κ1) is 19.8. The van der Waals surface area contributed by atoms with E-state index in [0.29, 0.717) is 19.3 Å². The molecule has 0 aliphatic heterocycles. The van der Waals surface area contributed by atoms with Crippen LogP contribution in [0.4, 0.5) is 4.39 Å². The van der Waals surface area contributed by atoms with Gasteiger partial charge in [-0.1, -0.05) is 38.3 Å². The first-order valence-corrected chi connectivity index (χ1v) is 8.33. The molecule has 2 atom stereocenters. The first-order valence-electron chi connectivity index (χ1n) is 8.33. The largest absolute Gasteiger partial charge is 0.455 e. The monoisotopic (exact) mass is 323 g/mol. The van der Waals surface area contributed by atoms with E-state index < -0.39 is 19.0 Å². The van der Waals surface area contributed by atoms with Crippen LogP contribution in [-0.2, 0) is 11.2 Å². The van der Waals surface area contributed by atoms with Crippen LogP contribution in [0.5, 0.6) is 0 Å². The van der Waals surface area contributed by atoms with Crippen molar-refractivity contribution in [2.75, 3.05) is 0 Å². The van der Waals surface area contributed by atoms with Crippen LogP contribution in [0.25, 0.3) is 0 Å². The highest BCUT2D eigenvalue weighted by molar-refractivity contribution is 6.43. The number of nitrogens with two attached hydrogens (primary N) is 1. The highest BCUT2D eigenvalue weighted by Crippen LogP contribution is 2.22. The topological polar surface area (TPSA) is 83.6 Å². The van der Waals surface area contributed by atoms with Crippen LogP contribution in [0, 0.1) is 5.82 Å². The molecule has 0 radical (unpaired) electrons. The fourth-order valence-electron chi connectivity index (χ4n) is 2.57. The molecule has 1 aromatic carbocycles. The molecule has 0 fully saturated rings. The number of carbonyl (C=O) groups is 1. The van der Waals surface area contributed by atoms with Gasteiger partial charge in [0.2, 0.25) is 0 Å². The maximum atomic E-state index is 12.9. The van der Waals surface area contributed by atoms with Crippen molar-refractivity contribution in [3.63, 3.8) is 0 Å². The number of rotatable bonds is 11. The van der Waals surface area contributed by atoms with Crippen molar-refractivity contribution in [3.05, 3.63) is 35.6 Å².